The molecule has 1 aliphatic rings. The van der Waals surface area contributed by atoms with Gasteiger partial charge in [0.15, 0.2) is 5.16 Å². The molecule has 4 nitrogen and oxygen atoms in total. The van der Waals surface area contributed by atoms with Gasteiger partial charge in [-0.05, 0) is 49.6 Å². The van der Waals surface area contributed by atoms with Crippen LogP contribution in [0.15, 0.2) is 52.4 Å². The number of rotatable bonds is 4. The van der Waals surface area contributed by atoms with Crippen LogP contribution in [0.2, 0.25) is 5.02 Å². The molecule has 1 aliphatic heterocycles. The second-order valence-electron chi connectivity index (χ2n) is 6.38. The first-order valence-electron chi connectivity index (χ1n) is 8.67. The van der Waals surface area contributed by atoms with Crippen LogP contribution in [0.5, 0.6) is 0 Å². The van der Waals surface area contributed by atoms with E-state index in [1.165, 1.54) is 0 Å². The van der Waals surface area contributed by atoms with Crippen LogP contribution in [-0.2, 0) is 4.74 Å². The first-order chi connectivity index (χ1) is 12.6. The molecule has 0 radical (unpaired) electrons. The Labute approximate surface area is 161 Å². The van der Waals surface area contributed by atoms with Crippen molar-refractivity contribution in [3.63, 3.8) is 0 Å². The van der Waals surface area contributed by atoms with Gasteiger partial charge in [0.2, 0.25) is 0 Å². The van der Waals surface area contributed by atoms with Crippen LogP contribution in [0.1, 0.15) is 18.4 Å². The third-order valence-corrected chi connectivity index (χ3v) is 6.13. The third-order valence-electron chi connectivity index (χ3n) is 4.65. The van der Waals surface area contributed by atoms with Crippen molar-refractivity contribution in [2.75, 3.05) is 12.4 Å². The zero-order valence-corrected chi connectivity index (χ0v) is 16.0. The number of halogens is 1. The quantitative estimate of drug-likeness (QED) is 0.484. The minimum atomic E-state index is -0.0733. The lowest BCUT2D eigenvalue weighted by molar-refractivity contribution is 0.129. The number of ether oxygens (including phenoxy) is 1. The Bertz CT molecular complexity index is 1010. The Balaban J connectivity index is 1.87. The Morgan fingerprint density at radius 1 is 1.27 bits per heavy atom. The lowest BCUT2D eigenvalue weighted by atomic mass is 10.2. The van der Waals surface area contributed by atoms with Gasteiger partial charge in [-0.2, -0.15) is 0 Å². The smallest absolute Gasteiger partial charge is 0.266 e. The lowest BCUT2D eigenvalue weighted by Crippen LogP contribution is -2.23. The van der Waals surface area contributed by atoms with Crippen molar-refractivity contribution < 1.29 is 4.74 Å². The molecule has 0 N–H and O–H groups in total. The summed E-state index contributed by atoms with van der Waals surface area (Å²) in [7, 11) is 0. The maximum atomic E-state index is 13.2. The van der Waals surface area contributed by atoms with E-state index in [4.69, 9.17) is 21.3 Å². The lowest BCUT2D eigenvalue weighted by Gasteiger charge is -2.17. The second-order valence-corrected chi connectivity index (χ2v) is 7.78. The first-order valence-corrected chi connectivity index (χ1v) is 10.0. The molecule has 134 valence electrons. The minimum absolute atomic E-state index is 0.0733. The fourth-order valence-electron chi connectivity index (χ4n) is 3.20. The average molecular weight is 387 g/mol. The van der Waals surface area contributed by atoms with Crippen molar-refractivity contribution in [3.05, 3.63) is 63.4 Å². The molecule has 0 saturated carbocycles. The van der Waals surface area contributed by atoms with Crippen LogP contribution in [-0.4, -0.2) is 28.0 Å². The van der Waals surface area contributed by atoms with Gasteiger partial charge in [0.25, 0.3) is 5.56 Å². The zero-order chi connectivity index (χ0) is 18.1. The molecule has 0 aliphatic carbocycles. The fraction of sp³-hybridized carbons (Fsp3) is 0.300. The largest absolute Gasteiger partial charge is 0.377 e. The normalized spacial score (nSPS) is 17.1. The van der Waals surface area contributed by atoms with E-state index in [0.717, 1.165) is 36.5 Å². The molecule has 0 amide bonds. The van der Waals surface area contributed by atoms with E-state index in [0.29, 0.717) is 21.1 Å². The Morgan fingerprint density at radius 3 is 2.92 bits per heavy atom. The highest BCUT2D eigenvalue weighted by Gasteiger charge is 2.20. The van der Waals surface area contributed by atoms with Crippen LogP contribution in [0, 0.1) is 6.92 Å². The van der Waals surface area contributed by atoms with Crippen LogP contribution < -0.4 is 5.56 Å². The Kier molecular flexibility index (Phi) is 5.02. The van der Waals surface area contributed by atoms with Crippen molar-refractivity contribution in [2.24, 2.45) is 0 Å². The highest BCUT2D eigenvalue weighted by Crippen LogP contribution is 2.28. The minimum Gasteiger partial charge on any atom is -0.377 e. The van der Waals surface area contributed by atoms with Gasteiger partial charge >= 0.3 is 0 Å². The number of aromatic nitrogens is 2. The number of nitrogens with zero attached hydrogens (tertiary/aromatic N) is 2. The topological polar surface area (TPSA) is 44.1 Å². The molecule has 0 bridgehead atoms. The summed E-state index contributed by atoms with van der Waals surface area (Å²) in [6.07, 6.45) is 2.37. The molecule has 0 spiro atoms. The average Bonchev–Trinajstić information content (AvgIpc) is 3.17. The molecule has 1 aromatic heterocycles. The van der Waals surface area contributed by atoms with Gasteiger partial charge in [-0.15, -0.1) is 0 Å². The molecule has 1 unspecified atom stereocenters. The summed E-state index contributed by atoms with van der Waals surface area (Å²) in [5.41, 5.74) is 2.28. The van der Waals surface area contributed by atoms with E-state index < -0.39 is 0 Å². The van der Waals surface area contributed by atoms with Crippen LogP contribution in [0.3, 0.4) is 0 Å². The summed E-state index contributed by atoms with van der Waals surface area (Å²) >= 11 is 7.87. The molecular weight excluding hydrogens is 368 g/mol. The van der Waals surface area contributed by atoms with E-state index in [2.05, 4.69) is 0 Å². The molecule has 3 aromatic rings. The monoisotopic (exact) mass is 386 g/mol. The molecule has 2 aromatic carbocycles. The van der Waals surface area contributed by atoms with Gasteiger partial charge in [0.05, 0.1) is 22.7 Å². The predicted molar refractivity (Wildman–Crippen MR) is 107 cm³/mol. The number of thioether (sulfide) groups is 1. The molecule has 2 heterocycles. The summed E-state index contributed by atoms with van der Waals surface area (Å²) in [5.74, 6) is 0.782. The van der Waals surface area contributed by atoms with Gasteiger partial charge in [-0.1, -0.05) is 41.6 Å². The van der Waals surface area contributed by atoms with Crippen molar-refractivity contribution in [3.8, 4) is 5.69 Å². The van der Waals surface area contributed by atoms with E-state index in [1.807, 2.05) is 49.4 Å². The molecule has 6 heteroatoms. The second kappa shape index (κ2) is 7.43. The van der Waals surface area contributed by atoms with Gasteiger partial charge in [-0.25, -0.2) is 4.98 Å². The summed E-state index contributed by atoms with van der Waals surface area (Å²) in [4.78, 5) is 18.0. The van der Waals surface area contributed by atoms with Gasteiger partial charge in [0, 0.05) is 17.4 Å². The highest BCUT2D eigenvalue weighted by molar-refractivity contribution is 7.99. The molecule has 1 saturated heterocycles. The number of benzene rings is 2. The van der Waals surface area contributed by atoms with Gasteiger partial charge in [-0.3, -0.25) is 9.36 Å². The van der Waals surface area contributed by atoms with Gasteiger partial charge < -0.3 is 4.74 Å². The first kappa shape index (κ1) is 17.6. The van der Waals surface area contributed by atoms with Crippen LogP contribution in [0.4, 0.5) is 0 Å². The van der Waals surface area contributed by atoms with E-state index >= 15 is 0 Å². The molecule has 1 fully saturated rings. The third kappa shape index (κ3) is 3.27. The van der Waals surface area contributed by atoms with Gasteiger partial charge in [0.1, 0.15) is 0 Å². The number of para-hydroxylation sites is 1. The van der Waals surface area contributed by atoms with E-state index in [1.54, 1.807) is 16.3 Å². The van der Waals surface area contributed by atoms with Crippen molar-refractivity contribution in [1.82, 2.24) is 9.55 Å². The Morgan fingerprint density at radius 2 is 2.12 bits per heavy atom. The summed E-state index contributed by atoms with van der Waals surface area (Å²) in [6.45, 7) is 2.74. The summed E-state index contributed by atoms with van der Waals surface area (Å²) < 4.78 is 7.41. The summed E-state index contributed by atoms with van der Waals surface area (Å²) in [6, 6.07) is 13.1. The van der Waals surface area contributed by atoms with Crippen molar-refractivity contribution in [1.29, 1.82) is 0 Å². The predicted octanol–water partition coefficient (Wildman–Crippen LogP) is 4.62. The zero-order valence-electron chi connectivity index (χ0n) is 14.4. The molecule has 26 heavy (non-hydrogen) atoms. The van der Waals surface area contributed by atoms with E-state index in [9.17, 15) is 4.79 Å². The van der Waals surface area contributed by atoms with E-state index in [-0.39, 0.29) is 11.7 Å². The van der Waals surface area contributed by atoms with Crippen LogP contribution in [0.25, 0.3) is 16.6 Å². The molecule has 4 rings (SSSR count). The maximum Gasteiger partial charge on any atom is 0.266 e. The highest BCUT2D eigenvalue weighted by atomic mass is 35.5. The maximum absolute atomic E-state index is 13.2. The Hall–Kier alpha value is -1.82. The number of hydrogen-bond acceptors (Lipinski definition) is 4. The molecular formula is C20H19ClN2O2S. The van der Waals surface area contributed by atoms with Crippen LogP contribution >= 0.6 is 23.4 Å². The summed E-state index contributed by atoms with van der Waals surface area (Å²) in [5, 5.41) is 1.92. The molecule has 1 atom stereocenters. The SMILES string of the molecule is Cc1c(Cl)cccc1-n1c(SCC2CCCO2)nc2ccccc2c1=O. The van der Waals surface area contributed by atoms with Crippen molar-refractivity contribution >= 4 is 34.3 Å². The number of hydrogen-bond donors (Lipinski definition) is 0. The van der Waals surface area contributed by atoms with Crippen molar-refractivity contribution in [2.45, 2.75) is 31.0 Å². The number of fused-ring (bicyclic) bond motifs is 1. The standard InChI is InChI=1S/C20H19ClN2O2S/c1-13-16(21)8-4-10-18(13)23-19(24)15-7-2-3-9-17(15)22-20(23)26-12-14-6-5-11-25-14/h2-4,7-10,14H,5-6,11-12H2,1H3. The fourth-order valence-corrected chi connectivity index (χ4v) is 4.44.